The molecule has 8 heteroatoms. The van der Waals surface area contributed by atoms with Gasteiger partial charge in [0.25, 0.3) is 0 Å². The highest BCUT2D eigenvalue weighted by molar-refractivity contribution is 5.14. The van der Waals surface area contributed by atoms with E-state index in [0.29, 0.717) is 13.2 Å². The number of aromatic nitrogens is 2. The lowest BCUT2D eigenvalue weighted by Gasteiger charge is -2.34. The quantitative estimate of drug-likeness (QED) is 0.830. The van der Waals surface area contributed by atoms with Crippen LogP contribution in [0.4, 0.5) is 13.2 Å². The van der Waals surface area contributed by atoms with Crippen molar-refractivity contribution in [1.82, 2.24) is 14.9 Å². The molecule has 2 unspecified atom stereocenters. The van der Waals surface area contributed by atoms with E-state index in [1.807, 2.05) is 0 Å². The van der Waals surface area contributed by atoms with E-state index in [9.17, 15) is 13.2 Å². The van der Waals surface area contributed by atoms with Crippen LogP contribution < -0.4 is 4.74 Å². The van der Waals surface area contributed by atoms with Gasteiger partial charge in [-0.05, 0) is 32.2 Å². The lowest BCUT2D eigenvalue weighted by Crippen LogP contribution is -2.47. The minimum Gasteiger partial charge on any atom is -0.489 e. The Bertz CT molecular complexity index is 538. The van der Waals surface area contributed by atoms with Gasteiger partial charge >= 0.3 is 6.18 Å². The van der Waals surface area contributed by atoms with Gasteiger partial charge in [0.2, 0.25) is 5.82 Å². The molecule has 0 aliphatic carbocycles. The summed E-state index contributed by atoms with van der Waals surface area (Å²) in [5.41, 5.74) is 0.111. The number of alkyl halides is 3. The summed E-state index contributed by atoms with van der Waals surface area (Å²) in [6.45, 7) is 2.16. The smallest absolute Gasteiger partial charge is 0.451 e. The fraction of sp³-hybridized carbons (Fsp3) is 0.733. The second-order valence-electron chi connectivity index (χ2n) is 6.20. The third kappa shape index (κ3) is 3.28. The van der Waals surface area contributed by atoms with Crippen LogP contribution in [0.1, 0.15) is 31.5 Å². The molecule has 3 heterocycles. The Balaban J connectivity index is 1.59. The molecule has 2 atom stereocenters. The molecule has 0 spiro atoms. The standard InChI is InChI=1S/C15H20F3N3O2/c1-22-10-14-4-2-6-21(14)11(3-5-14)9-23-12-7-19-13(20-8-12)15(16,17)18/h7-8,11H,2-6,9-10H2,1H3. The summed E-state index contributed by atoms with van der Waals surface area (Å²) in [7, 11) is 1.72. The van der Waals surface area contributed by atoms with Crippen LogP contribution in [-0.4, -0.2) is 53.3 Å². The predicted octanol–water partition coefficient (Wildman–Crippen LogP) is 2.52. The first-order valence-corrected chi connectivity index (χ1v) is 7.72. The Kier molecular flexibility index (Phi) is 4.46. The Morgan fingerprint density at radius 2 is 2.04 bits per heavy atom. The zero-order valence-corrected chi connectivity index (χ0v) is 13.0. The number of rotatable bonds is 5. The molecule has 0 bridgehead atoms. The molecule has 0 aromatic carbocycles. The molecule has 128 valence electrons. The molecule has 0 N–H and O–H groups in total. The maximum Gasteiger partial charge on any atom is 0.451 e. The number of methoxy groups -OCH3 is 1. The molecule has 2 fully saturated rings. The minimum atomic E-state index is -4.53. The van der Waals surface area contributed by atoms with Gasteiger partial charge in [-0.3, -0.25) is 4.90 Å². The third-order valence-corrected chi connectivity index (χ3v) is 4.77. The van der Waals surface area contributed by atoms with Gasteiger partial charge in [0.15, 0.2) is 5.75 Å². The van der Waals surface area contributed by atoms with Crippen molar-refractivity contribution in [1.29, 1.82) is 0 Å². The summed E-state index contributed by atoms with van der Waals surface area (Å²) < 4.78 is 48.3. The summed E-state index contributed by atoms with van der Waals surface area (Å²) in [6.07, 6.45) is 1.97. The molecule has 23 heavy (non-hydrogen) atoms. The van der Waals surface area contributed by atoms with Crippen molar-refractivity contribution in [3.8, 4) is 5.75 Å². The van der Waals surface area contributed by atoms with Crippen molar-refractivity contribution < 1.29 is 22.6 Å². The van der Waals surface area contributed by atoms with Gasteiger partial charge < -0.3 is 9.47 Å². The fourth-order valence-electron chi connectivity index (χ4n) is 3.79. The number of hydrogen-bond donors (Lipinski definition) is 0. The molecule has 1 aromatic heterocycles. The van der Waals surface area contributed by atoms with Gasteiger partial charge in [0.05, 0.1) is 19.0 Å². The normalized spacial score (nSPS) is 28.1. The molecule has 5 nitrogen and oxygen atoms in total. The molecular formula is C15H20F3N3O2. The average Bonchev–Trinajstić information content (AvgIpc) is 3.04. The van der Waals surface area contributed by atoms with Crippen LogP contribution in [0.15, 0.2) is 12.4 Å². The molecule has 0 amide bonds. The number of nitrogens with zero attached hydrogens (tertiary/aromatic N) is 3. The maximum absolute atomic E-state index is 12.4. The highest BCUT2D eigenvalue weighted by Gasteiger charge is 2.49. The van der Waals surface area contributed by atoms with E-state index in [4.69, 9.17) is 9.47 Å². The highest BCUT2D eigenvalue weighted by Crippen LogP contribution is 2.42. The van der Waals surface area contributed by atoms with Gasteiger partial charge in [-0.15, -0.1) is 0 Å². The van der Waals surface area contributed by atoms with Gasteiger partial charge in [-0.2, -0.15) is 13.2 Å². The molecule has 2 aliphatic heterocycles. The molecular weight excluding hydrogens is 311 g/mol. The Morgan fingerprint density at radius 1 is 1.30 bits per heavy atom. The van der Waals surface area contributed by atoms with Gasteiger partial charge in [0, 0.05) is 18.7 Å². The number of halogens is 3. The number of ether oxygens (including phenoxy) is 2. The highest BCUT2D eigenvalue weighted by atomic mass is 19.4. The SMILES string of the molecule is COCC12CCCN1C(COc1cnc(C(F)(F)F)nc1)CC2. The van der Waals surface area contributed by atoms with E-state index in [2.05, 4.69) is 14.9 Å². The largest absolute Gasteiger partial charge is 0.489 e. The lowest BCUT2D eigenvalue weighted by molar-refractivity contribution is -0.145. The van der Waals surface area contributed by atoms with Crippen LogP contribution in [-0.2, 0) is 10.9 Å². The first kappa shape index (κ1) is 16.4. The second kappa shape index (κ2) is 6.24. The fourth-order valence-corrected chi connectivity index (χ4v) is 3.79. The van der Waals surface area contributed by atoms with Crippen LogP contribution in [0.2, 0.25) is 0 Å². The Labute approximate surface area is 132 Å². The van der Waals surface area contributed by atoms with Crippen LogP contribution in [0.25, 0.3) is 0 Å². The predicted molar refractivity (Wildman–Crippen MR) is 76.1 cm³/mol. The average molecular weight is 331 g/mol. The zero-order valence-electron chi connectivity index (χ0n) is 13.0. The number of fused-ring (bicyclic) bond motifs is 1. The third-order valence-electron chi connectivity index (χ3n) is 4.77. The van der Waals surface area contributed by atoms with Gasteiger partial charge in [0.1, 0.15) is 6.61 Å². The van der Waals surface area contributed by atoms with Crippen LogP contribution in [0.5, 0.6) is 5.75 Å². The van der Waals surface area contributed by atoms with Crippen LogP contribution in [0, 0.1) is 0 Å². The van der Waals surface area contributed by atoms with Crippen molar-refractivity contribution in [2.45, 2.75) is 43.4 Å². The maximum atomic E-state index is 12.4. The van der Waals surface area contributed by atoms with Gasteiger partial charge in [-0.25, -0.2) is 9.97 Å². The van der Waals surface area contributed by atoms with E-state index in [1.54, 1.807) is 7.11 Å². The van der Waals surface area contributed by atoms with E-state index < -0.39 is 12.0 Å². The lowest BCUT2D eigenvalue weighted by atomic mass is 9.95. The van der Waals surface area contributed by atoms with E-state index >= 15 is 0 Å². The van der Waals surface area contributed by atoms with Crippen LogP contribution >= 0.6 is 0 Å². The topological polar surface area (TPSA) is 47.5 Å². The van der Waals surface area contributed by atoms with E-state index in [0.717, 1.165) is 44.6 Å². The van der Waals surface area contributed by atoms with E-state index in [1.165, 1.54) is 0 Å². The summed E-state index contributed by atoms with van der Waals surface area (Å²) >= 11 is 0. The van der Waals surface area contributed by atoms with Crippen molar-refractivity contribution in [2.24, 2.45) is 0 Å². The van der Waals surface area contributed by atoms with Crippen molar-refractivity contribution in [2.75, 3.05) is 26.9 Å². The Hall–Kier alpha value is -1.41. The van der Waals surface area contributed by atoms with Gasteiger partial charge in [-0.1, -0.05) is 0 Å². The van der Waals surface area contributed by atoms with Crippen LogP contribution in [0.3, 0.4) is 0 Å². The van der Waals surface area contributed by atoms with Crippen molar-refractivity contribution in [3.63, 3.8) is 0 Å². The van der Waals surface area contributed by atoms with E-state index in [-0.39, 0.29) is 17.3 Å². The molecule has 3 rings (SSSR count). The molecule has 0 saturated carbocycles. The first-order chi connectivity index (χ1) is 10.9. The summed E-state index contributed by atoms with van der Waals surface area (Å²) in [5.74, 6) is -0.884. The second-order valence-corrected chi connectivity index (χ2v) is 6.20. The van der Waals surface area contributed by atoms with Crippen molar-refractivity contribution in [3.05, 3.63) is 18.2 Å². The zero-order chi connectivity index (χ0) is 16.5. The molecule has 0 radical (unpaired) electrons. The summed E-state index contributed by atoms with van der Waals surface area (Å²) in [5, 5.41) is 0. The minimum absolute atomic E-state index is 0.111. The summed E-state index contributed by atoms with van der Waals surface area (Å²) in [6, 6.07) is 0.259. The Morgan fingerprint density at radius 3 is 2.70 bits per heavy atom. The molecule has 1 aromatic rings. The van der Waals surface area contributed by atoms with Crippen molar-refractivity contribution >= 4 is 0 Å². The molecule has 2 saturated heterocycles. The monoisotopic (exact) mass is 331 g/mol. The number of hydrogen-bond acceptors (Lipinski definition) is 5. The molecule has 2 aliphatic rings. The first-order valence-electron chi connectivity index (χ1n) is 7.72. The summed E-state index contributed by atoms with van der Waals surface area (Å²) in [4.78, 5) is 9.05.